The van der Waals surface area contributed by atoms with E-state index >= 15 is 0 Å². The van der Waals surface area contributed by atoms with Crippen LogP contribution in [0.1, 0.15) is 37.4 Å². The van der Waals surface area contributed by atoms with Crippen LogP contribution in [0, 0.1) is 5.92 Å². The molecule has 1 aromatic rings. The molecule has 0 fully saturated rings. The average molecular weight is 332 g/mol. The second kappa shape index (κ2) is 7.50. The van der Waals surface area contributed by atoms with Crippen molar-refractivity contribution in [1.29, 1.82) is 0 Å². The molecule has 1 unspecified atom stereocenters. The van der Waals surface area contributed by atoms with E-state index < -0.39 is 23.9 Å². The number of rotatable bonds is 4. The van der Waals surface area contributed by atoms with E-state index in [2.05, 4.69) is 0 Å². The van der Waals surface area contributed by atoms with Gasteiger partial charge in [-0.05, 0) is 23.6 Å². The van der Waals surface area contributed by atoms with Gasteiger partial charge in [0, 0.05) is 5.02 Å². The molecule has 0 aromatic heterocycles. The Kier molecular flexibility index (Phi) is 7.32. The maximum Gasteiger partial charge on any atom is 0.416 e. The third kappa shape index (κ3) is 4.52. The van der Waals surface area contributed by atoms with Crippen molar-refractivity contribution < 1.29 is 18.3 Å². The number of aliphatic hydroxyl groups is 1. The Morgan fingerprint density at radius 2 is 1.90 bits per heavy atom. The van der Waals surface area contributed by atoms with Crippen LogP contribution in [0.25, 0.3) is 0 Å². The molecule has 2 nitrogen and oxygen atoms in total. The standard InChI is InChI=1S/C13H17ClF3NO.ClH/c1-3-7(2)12(19)11(18)9-5-4-8(14)6-10(9)13(15,16)17;/h4-7,11-12,19H,3,18H2,1-2H3;1H/t7?,11-,12+;/m1./s1. The Balaban J connectivity index is 0.00000361. The van der Waals surface area contributed by atoms with Crippen LogP contribution in [-0.4, -0.2) is 11.2 Å². The molecule has 0 spiro atoms. The largest absolute Gasteiger partial charge is 0.416 e. The van der Waals surface area contributed by atoms with E-state index in [9.17, 15) is 18.3 Å². The summed E-state index contributed by atoms with van der Waals surface area (Å²) >= 11 is 5.59. The van der Waals surface area contributed by atoms with Crippen molar-refractivity contribution in [2.24, 2.45) is 11.7 Å². The van der Waals surface area contributed by atoms with Crippen LogP contribution < -0.4 is 5.73 Å². The van der Waals surface area contributed by atoms with Crippen LogP contribution in [-0.2, 0) is 6.18 Å². The Labute approximate surface area is 127 Å². The molecule has 1 rings (SSSR count). The highest BCUT2D eigenvalue weighted by molar-refractivity contribution is 6.30. The lowest BCUT2D eigenvalue weighted by Gasteiger charge is -2.26. The second-order valence-corrected chi connectivity index (χ2v) is 5.07. The lowest BCUT2D eigenvalue weighted by molar-refractivity contribution is -0.138. The van der Waals surface area contributed by atoms with E-state index in [-0.39, 0.29) is 28.9 Å². The minimum absolute atomic E-state index is 0. The van der Waals surface area contributed by atoms with Gasteiger partial charge in [-0.15, -0.1) is 12.4 Å². The second-order valence-electron chi connectivity index (χ2n) is 4.63. The summed E-state index contributed by atoms with van der Waals surface area (Å²) in [7, 11) is 0. The zero-order valence-corrected chi connectivity index (χ0v) is 12.7. The summed E-state index contributed by atoms with van der Waals surface area (Å²) in [4.78, 5) is 0. The first-order valence-electron chi connectivity index (χ1n) is 5.98. The first-order valence-corrected chi connectivity index (χ1v) is 6.36. The van der Waals surface area contributed by atoms with Crippen LogP contribution in [0.15, 0.2) is 18.2 Å². The fraction of sp³-hybridized carbons (Fsp3) is 0.538. The molecule has 0 aliphatic heterocycles. The highest BCUT2D eigenvalue weighted by Crippen LogP contribution is 2.37. The summed E-state index contributed by atoms with van der Waals surface area (Å²) in [5, 5.41) is 9.96. The average Bonchev–Trinajstić information content (AvgIpc) is 2.35. The van der Waals surface area contributed by atoms with Crippen LogP contribution >= 0.6 is 24.0 Å². The van der Waals surface area contributed by atoms with Gasteiger partial charge in [-0.1, -0.05) is 37.9 Å². The number of hydrogen-bond donors (Lipinski definition) is 2. The molecule has 0 bridgehead atoms. The first-order chi connectivity index (χ1) is 8.68. The highest BCUT2D eigenvalue weighted by atomic mass is 35.5. The molecule has 0 aliphatic rings. The van der Waals surface area contributed by atoms with E-state index in [1.165, 1.54) is 12.1 Å². The molecule has 0 amide bonds. The Bertz CT molecular complexity index is 440. The van der Waals surface area contributed by atoms with Gasteiger partial charge in [-0.3, -0.25) is 0 Å². The molecule has 7 heteroatoms. The molecule has 1 aromatic carbocycles. The zero-order valence-electron chi connectivity index (χ0n) is 11.1. The molecule has 0 aliphatic carbocycles. The van der Waals surface area contributed by atoms with Gasteiger partial charge < -0.3 is 10.8 Å². The Hall–Kier alpha value is -0.490. The SMILES string of the molecule is CCC(C)[C@H](O)[C@H](N)c1ccc(Cl)cc1C(F)(F)F.Cl. The summed E-state index contributed by atoms with van der Waals surface area (Å²) in [5.41, 5.74) is 4.74. The summed E-state index contributed by atoms with van der Waals surface area (Å²) in [6.07, 6.45) is -4.95. The smallest absolute Gasteiger partial charge is 0.391 e. The van der Waals surface area contributed by atoms with Crippen LogP contribution in [0.2, 0.25) is 5.02 Å². The van der Waals surface area contributed by atoms with Crippen LogP contribution in [0.3, 0.4) is 0 Å². The van der Waals surface area contributed by atoms with Gasteiger partial charge >= 0.3 is 6.18 Å². The highest BCUT2D eigenvalue weighted by Gasteiger charge is 2.36. The molecule has 3 N–H and O–H groups in total. The number of aliphatic hydroxyl groups excluding tert-OH is 1. The molecular formula is C13H18Cl2F3NO. The lowest BCUT2D eigenvalue weighted by atomic mass is 9.89. The van der Waals surface area contributed by atoms with Gasteiger partial charge in [-0.2, -0.15) is 13.2 Å². The van der Waals surface area contributed by atoms with Crippen molar-refractivity contribution >= 4 is 24.0 Å². The maximum absolute atomic E-state index is 12.9. The van der Waals surface area contributed by atoms with Gasteiger partial charge in [0.2, 0.25) is 0 Å². The van der Waals surface area contributed by atoms with Gasteiger partial charge in [0.05, 0.1) is 17.7 Å². The van der Waals surface area contributed by atoms with Gasteiger partial charge in [0.15, 0.2) is 0 Å². The number of nitrogens with two attached hydrogens (primary N) is 1. The third-order valence-corrected chi connectivity index (χ3v) is 3.51. The summed E-state index contributed by atoms with van der Waals surface area (Å²) in [5.74, 6) is -0.188. The molecule has 116 valence electrons. The van der Waals surface area contributed by atoms with E-state index in [0.717, 1.165) is 6.07 Å². The van der Waals surface area contributed by atoms with Crippen molar-refractivity contribution in [3.63, 3.8) is 0 Å². The van der Waals surface area contributed by atoms with E-state index in [0.29, 0.717) is 6.42 Å². The molecule has 0 saturated carbocycles. The number of alkyl halides is 3. The topological polar surface area (TPSA) is 46.2 Å². The minimum atomic E-state index is -4.55. The van der Waals surface area contributed by atoms with Gasteiger partial charge in [-0.25, -0.2) is 0 Å². The summed E-state index contributed by atoms with van der Waals surface area (Å²) in [6.45, 7) is 3.58. The lowest BCUT2D eigenvalue weighted by Crippen LogP contribution is -2.33. The maximum atomic E-state index is 12.9. The number of hydrogen-bond acceptors (Lipinski definition) is 2. The van der Waals surface area contributed by atoms with Crippen LogP contribution in [0.4, 0.5) is 13.2 Å². The minimum Gasteiger partial charge on any atom is -0.391 e. The van der Waals surface area contributed by atoms with Gasteiger partial charge in [0.25, 0.3) is 0 Å². The van der Waals surface area contributed by atoms with E-state index in [1.54, 1.807) is 6.92 Å². The molecule has 0 heterocycles. The van der Waals surface area contributed by atoms with Crippen molar-refractivity contribution in [2.45, 2.75) is 38.6 Å². The molecule has 3 atom stereocenters. The normalized spacial score (nSPS) is 16.2. The van der Waals surface area contributed by atoms with Crippen LogP contribution in [0.5, 0.6) is 0 Å². The van der Waals surface area contributed by atoms with E-state index in [1.807, 2.05) is 6.92 Å². The fourth-order valence-corrected chi connectivity index (χ4v) is 2.02. The molecular weight excluding hydrogens is 314 g/mol. The fourth-order valence-electron chi connectivity index (χ4n) is 1.84. The summed E-state index contributed by atoms with van der Waals surface area (Å²) < 4.78 is 38.8. The predicted molar refractivity (Wildman–Crippen MR) is 76.1 cm³/mol. The van der Waals surface area contributed by atoms with E-state index in [4.69, 9.17) is 17.3 Å². The van der Waals surface area contributed by atoms with Crippen molar-refractivity contribution in [1.82, 2.24) is 0 Å². The van der Waals surface area contributed by atoms with Crippen molar-refractivity contribution in [3.05, 3.63) is 34.3 Å². The number of benzene rings is 1. The third-order valence-electron chi connectivity index (χ3n) is 3.27. The molecule has 0 radical (unpaired) electrons. The monoisotopic (exact) mass is 331 g/mol. The zero-order chi connectivity index (χ0) is 14.8. The number of halogens is 5. The molecule has 0 saturated heterocycles. The van der Waals surface area contributed by atoms with Crippen molar-refractivity contribution in [2.75, 3.05) is 0 Å². The molecule has 20 heavy (non-hydrogen) atoms. The summed E-state index contributed by atoms with van der Waals surface area (Å²) in [6, 6.07) is 2.31. The van der Waals surface area contributed by atoms with Gasteiger partial charge in [0.1, 0.15) is 0 Å². The first kappa shape index (κ1) is 19.5. The Morgan fingerprint density at radius 1 is 1.35 bits per heavy atom. The predicted octanol–water partition coefficient (Wildman–Crippen LogP) is 4.19. The Morgan fingerprint density at radius 3 is 2.35 bits per heavy atom. The quantitative estimate of drug-likeness (QED) is 0.869. The van der Waals surface area contributed by atoms with Crippen molar-refractivity contribution in [3.8, 4) is 0 Å².